The van der Waals surface area contributed by atoms with Crippen LogP contribution in [-0.2, 0) is 4.79 Å². The largest absolute Gasteiger partial charge is 0.353 e. The van der Waals surface area contributed by atoms with Gasteiger partial charge in [0.25, 0.3) is 0 Å². The lowest BCUT2D eigenvalue weighted by atomic mass is 9.78. The number of hydrogen-bond acceptors (Lipinski definition) is 3. The van der Waals surface area contributed by atoms with Gasteiger partial charge < -0.3 is 15.5 Å². The van der Waals surface area contributed by atoms with E-state index >= 15 is 0 Å². The van der Waals surface area contributed by atoms with Crippen molar-refractivity contribution in [2.24, 2.45) is 11.8 Å². The third kappa shape index (κ3) is 4.46. The molecular formula is C15H29N3O. The lowest BCUT2D eigenvalue weighted by Gasteiger charge is -2.35. The normalized spacial score (nSPS) is 33.1. The van der Waals surface area contributed by atoms with Crippen LogP contribution >= 0.6 is 0 Å². The number of hydrogen-bond donors (Lipinski definition) is 2. The number of carbonyl (C=O) groups excluding carboxylic acids is 1. The minimum absolute atomic E-state index is 0.240. The summed E-state index contributed by atoms with van der Waals surface area (Å²) in [5.41, 5.74) is 0. The molecule has 2 rings (SSSR count). The van der Waals surface area contributed by atoms with Crippen LogP contribution in [0, 0.1) is 11.8 Å². The van der Waals surface area contributed by atoms with E-state index in [0.717, 1.165) is 45.1 Å². The number of nitrogens with one attached hydrogen (secondary N) is 2. The van der Waals surface area contributed by atoms with Gasteiger partial charge in [0, 0.05) is 45.2 Å². The fourth-order valence-electron chi connectivity index (χ4n) is 3.26. The van der Waals surface area contributed by atoms with Crippen LogP contribution in [0.15, 0.2) is 0 Å². The van der Waals surface area contributed by atoms with E-state index < -0.39 is 0 Å². The van der Waals surface area contributed by atoms with E-state index in [9.17, 15) is 4.79 Å². The number of rotatable bonds is 4. The summed E-state index contributed by atoms with van der Waals surface area (Å²) < 4.78 is 0. The lowest BCUT2D eigenvalue weighted by molar-refractivity contribution is -0.122. The maximum atomic E-state index is 12.1. The van der Waals surface area contributed by atoms with E-state index in [2.05, 4.69) is 29.4 Å². The maximum absolute atomic E-state index is 12.1. The minimum atomic E-state index is 0.240. The molecule has 4 nitrogen and oxygen atoms in total. The Bertz CT molecular complexity index is 289. The zero-order valence-corrected chi connectivity index (χ0v) is 12.5. The Morgan fingerprint density at radius 3 is 2.74 bits per heavy atom. The highest BCUT2D eigenvalue weighted by molar-refractivity contribution is 5.76. The molecule has 1 amide bonds. The van der Waals surface area contributed by atoms with E-state index in [4.69, 9.17) is 0 Å². The van der Waals surface area contributed by atoms with Crippen LogP contribution in [0.4, 0.5) is 0 Å². The van der Waals surface area contributed by atoms with Gasteiger partial charge >= 0.3 is 0 Å². The molecule has 0 spiro atoms. The molecule has 0 aromatic rings. The van der Waals surface area contributed by atoms with Gasteiger partial charge in [-0.05, 0) is 18.3 Å². The highest BCUT2D eigenvalue weighted by Gasteiger charge is 2.28. The second-order valence-corrected chi connectivity index (χ2v) is 6.28. The van der Waals surface area contributed by atoms with Gasteiger partial charge in [-0.25, -0.2) is 0 Å². The van der Waals surface area contributed by atoms with E-state index in [1.54, 1.807) is 0 Å². The molecule has 19 heavy (non-hydrogen) atoms. The van der Waals surface area contributed by atoms with E-state index in [-0.39, 0.29) is 5.91 Å². The average molecular weight is 267 g/mol. The summed E-state index contributed by atoms with van der Waals surface area (Å²) in [5, 5.41) is 6.59. The highest BCUT2D eigenvalue weighted by atomic mass is 16.1. The molecule has 1 aliphatic carbocycles. The summed E-state index contributed by atoms with van der Waals surface area (Å²) in [6.45, 7) is 9.75. The molecule has 0 radical (unpaired) electrons. The third-order valence-electron chi connectivity index (χ3n) is 4.92. The number of nitrogens with zero attached hydrogens (tertiary/aromatic N) is 1. The molecule has 1 heterocycles. The molecule has 2 N–H and O–H groups in total. The Kier molecular flexibility index (Phi) is 5.64. The fraction of sp³-hybridized carbons (Fsp3) is 0.933. The smallest absolute Gasteiger partial charge is 0.221 e. The van der Waals surface area contributed by atoms with Gasteiger partial charge in [-0.15, -0.1) is 0 Å². The molecule has 1 saturated carbocycles. The lowest BCUT2D eigenvalue weighted by Crippen LogP contribution is -2.47. The van der Waals surface area contributed by atoms with Crippen LogP contribution < -0.4 is 10.6 Å². The highest BCUT2D eigenvalue weighted by Crippen LogP contribution is 2.29. The van der Waals surface area contributed by atoms with E-state index in [1.807, 2.05) is 0 Å². The van der Waals surface area contributed by atoms with Gasteiger partial charge in [0.1, 0.15) is 0 Å². The Morgan fingerprint density at radius 2 is 2.00 bits per heavy atom. The molecule has 1 saturated heterocycles. The zero-order valence-electron chi connectivity index (χ0n) is 12.5. The Morgan fingerprint density at radius 1 is 1.26 bits per heavy atom. The van der Waals surface area contributed by atoms with Crippen LogP contribution in [-0.4, -0.2) is 49.6 Å². The van der Waals surface area contributed by atoms with Gasteiger partial charge in [0.2, 0.25) is 5.91 Å². The predicted octanol–water partition coefficient (Wildman–Crippen LogP) is 1.22. The monoisotopic (exact) mass is 267 g/mol. The van der Waals surface area contributed by atoms with Crippen molar-refractivity contribution in [3.63, 3.8) is 0 Å². The summed E-state index contributed by atoms with van der Waals surface area (Å²) in [4.78, 5) is 14.4. The van der Waals surface area contributed by atoms with Crippen molar-refractivity contribution < 1.29 is 4.79 Å². The van der Waals surface area contributed by atoms with Crippen LogP contribution in [0.3, 0.4) is 0 Å². The molecule has 1 aliphatic heterocycles. The van der Waals surface area contributed by atoms with Crippen LogP contribution in [0.2, 0.25) is 0 Å². The number of piperazine rings is 1. The molecule has 0 bridgehead atoms. The SMILES string of the molecule is CC1CCCC(NC(=O)CCN2CCNCC2)C1C. The van der Waals surface area contributed by atoms with Crippen LogP contribution in [0.1, 0.15) is 39.5 Å². The first kappa shape index (κ1) is 14.8. The minimum Gasteiger partial charge on any atom is -0.353 e. The Balaban J connectivity index is 1.68. The second-order valence-electron chi connectivity index (χ2n) is 6.28. The molecular weight excluding hydrogens is 238 g/mol. The van der Waals surface area contributed by atoms with Crippen molar-refractivity contribution in [2.75, 3.05) is 32.7 Å². The summed E-state index contributed by atoms with van der Waals surface area (Å²) >= 11 is 0. The van der Waals surface area contributed by atoms with Gasteiger partial charge in [-0.2, -0.15) is 0 Å². The fourth-order valence-corrected chi connectivity index (χ4v) is 3.26. The molecule has 4 heteroatoms. The van der Waals surface area contributed by atoms with Gasteiger partial charge in [-0.3, -0.25) is 4.79 Å². The standard InChI is InChI=1S/C15H29N3O/c1-12-4-3-5-14(13(12)2)17-15(19)6-9-18-10-7-16-8-11-18/h12-14,16H,3-11H2,1-2H3,(H,17,19). The third-order valence-corrected chi connectivity index (χ3v) is 4.92. The van der Waals surface area contributed by atoms with Crippen molar-refractivity contribution in [1.29, 1.82) is 0 Å². The van der Waals surface area contributed by atoms with Gasteiger partial charge in [-0.1, -0.05) is 26.7 Å². The van der Waals surface area contributed by atoms with Gasteiger partial charge in [0.05, 0.1) is 0 Å². The van der Waals surface area contributed by atoms with Crippen LogP contribution in [0.25, 0.3) is 0 Å². The Labute approximate surface area is 117 Å². The Hall–Kier alpha value is -0.610. The molecule has 2 fully saturated rings. The van der Waals surface area contributed by atoms with Crippen molar-refractivity contribution in [3.8, 4) is 0 Å². The molecule has 2 aliphatic rings. The molecule has 0 aromatic heterocycles. The maximum Gasteiger partial charge on any atom is 0.221 e. The molecule has 110 valence electrons. The predicted molar refractivity (Wildman–Crippen MR) is 78.0 cm³/mol. The van der Waals surface area contributed by atoms with Crippen LogP contribution in [0.5, 0.6) is 0 Å². The number of carbonyl (C=O) groups is 1. The first-order valence-corrected chi connectivity index (χ1v) is 7.89. The van der Waals surface area contributed by atoms with E-state index in [1.165, 1.54) is 12.8 Å². The first-order chi connectivity index (χ1) is 9.16. The van der Waals surface area contributed by atoms with Gasteiger partial charge in [0.15, 0.2) is 0 Å². The van der Waals surface area contributed by atoms with Crippen molar-refractivity contribution in [1.82, 2.24) is 15.5 Å². The average Bonchev–Trinajstić information content (AvgIpc) is 2.43. The summed E-state index contributed by atoms with van der Waals surface area (Å²) in [7, 11) is 0. The summed E-state index contributed by atoms with van der Waals surface area (Å²) in [5.74, 6) is 1.61. The molecule has 0 aromatic carbocycles. The summed E-state index contributed by atoms with van der Waals surface area (Å²) in [6, 6.07) is 0.402. The van der Waals surface area contributed by atoms with E-state index in [0.29, 0.717) is 18.4 Å². The van der Waals surface area contributed by atoms with Crippen molar-refractivity contribution in [2.45, 2.75) is 45.6 Å². The van der Waals surface area contributed by atoms with Crippen molar-refractivity contribution in [3.05, 3.63) is 0 Å². The van der Waals surface area contributed by atoms with Crippen molar-refractivity contribution >= 4 is 5.91 Å². The quantitative estimate of drug-likeness (QED) is 0.805. The topological polar surface area (TPSA) is 44.4 Å². The summed E-state index contributed by atoms with van der Waals surface area (Å²) in [6.07, 6.45) is 4.38. The zero-order chi connectivity index (χ0) is 13.7. The second kappa shape index (κ2) is 7.25. The molecule has 3 atom stereocenters. The molecule has 3 unspecified atom stereocenters. The number of amides is 1. The first-order valence-electron chi connectivity index (χ1n) is 7.89.